The largest absolute Gasteiger partial charge is 0.123 e. The van der Waals surface area contributed by atoms with Gasteiger partial charge < -0.3 is 0 Å². The van der Waals surface area contributed by atoms with Gasteiger partial charge in [-0.2, -0.15) is 0 Å². The summed E-state index contributed by atoms with van der Waals surface area (Å²) in [5.41, 5.74) is 6.07. The molecule has 0 heterocycles. The van der Waals surface area contributed by atoms with Crippen LogP contribution in [0.3, 0.4) is 0 Å². The van der Waals surface area contributed by atoms with Crippen LogP contribution < -0.4 is 0 Å². The zero-order valence-corrected chi connectivity index (χ0v) is 10.6. The van der Waals surface area contributed by atoms with Crippen molar-refractivity contribution >= 4 is 0 Å². The summed E-state index contributed by atoms with van der Waals surface area (Å²) in [6, 6.07) is 0. The summed E-state index contributed by atoms with van der Waals surface area (Å²) in [6.45, 7) is 4.27. The Bertz CT molecular complexity index is 324. The van der Waals surface area contributed by atoms with Gasteiger partial charge in [0.15, 0.2) is 0 Å². The minimum absolute atomic E-state index is 0.861. The second kappa shape index (κ2) is 10.2. The molecule has 0 amide bonds. The molecule has 0 aliphatic carbocycles. The maximum atomic E-state index is 5.21. The van der Waals surface area contributed by atoms with E-state index in [0.717, 1.165) is 38.5 Å². The molecule has 0 heteroatoms. The number of hydrogen-bond acceptors (Lipinski definition) is 0. The highest BCUT2D eigenvalue weighted by atomic mass is 14.0. The summed E-state index contributed by atoms with van der Waals surface area (Å²) in [6.07, 6.45) is 17.7. The van der Waals surface area contributed by atoms with Crippen LogP contribution in [0.25, 0.3) is 0 Å². The predicted molar refractivity (Wildman–Crippen MR) is 71.9 cm³/mol. The fraction of sp³-hybridized carbons (Fsp3) is 0.562. The molecule has 0 saturated carbocycles. The molecule has 0 aliphatic rings. The first-order valence-corrected chi connectivity index (χ1v) is 5.99. The van der Waals surface area contributed by atoms with Crippen LogP contribution in [0.4, 0.5) is 0 Å². The van der Waals surface area contributed by atoms with E-state index >= 15 is 0 Å². The molecule has 0 aromatic carbocycles. The summed E-state index contributed by atoms with van der Waals surface area (Å²) in [7, 11) is 0. The van der Waals surface area contributed by atoms with Gasteiger partial charge in [-0.3, -0.25) is 0 Å². The molecule has 0 fully saturated rings. The molecular formula is C16H22. The number of unbranched alkanes of at least 4 members (excludes halogenated alkanes) is 3. The highest BCUT2D eigenvalue weighted by molar-refractivity contribution is 5.06. The van der Waals surface area contributed by atoms with E-state index in [0.29, 0.717) is 0 Å². The van der Waals surface area contributed by atoms with Crippen molar-refractivity contribution in [3.63, 3.8) is 0 Å². The van der Waals surface area contributed by atoms with Crippen molar-refractivity contribution in [3.8, 4) is 24.7 Å². The lowest BCUT2D eigenvalue weighted by Gasteiger charge is -1.98. The molecule has 0 N–H and O–H groups in total. The normalized spacial score (nSPS) is 8.75. The van der Waals surface area contributed by atoms with Gasteiger partial charge in [0.25, 0.3) is 0 Å². The molecule has 0 radical (unpaired) electrons. The fourth-order valence-electron chi connectivity index (χ4n) is 1.56. The van der Waals surface area contributed by atoms with Crippen molar-refractivity contribution < 1.29 is 0 Å². The Morgan fingerprint density at radius 1 is 0.812 bits per heavy atom. The van der Waals surface area contributed by atoms with Crippen molar-refractivity contribution in [2.45, 2.75) is 58.8 Å². The lowest BCUT2D eigenvalue weighted by atomic mass is 10.1. The molecule has 16 heavy (non-hydrogen) atoms. The standard InChI is InChI=1S/C16H22/c1-5-7-9-11-13-16(4)14-15(3)12-10-8-6-2/h1-2H,7-13H2,3-4H3. The summed E-state index contributed by atoms with van der Waals surface area (Å²) in [5, 5.41) is 0. The SMILES string of the molecule is C#CCCCCC(C)=C=C(C)CCCC#C. The molecule has 0 unspecified atom stereocenters. The van der Waals surface area contributed by atoms with E-state index in [2.05, 4.69) is 31.4 Å². The van der Waals surface area contributed by atoms with Crippen LogP contribution in [-0.2, 0) is 0 Å². The van der Waals surface area contributed by atoms with Crippen molar-refractivity contribution in [3.05, 3.63) is 16.9 Å². The lowest BCUT2D eigenvalue weighted by Crippen LogP contribution is -1.80. The van der Waals surface area contributed by atoms with Gasteiger partial charge in [-0.1, -0.05) is 0 Å². The second-order valence-corrected chi connectivity index (χ2v) is 4.15. The molecule has 86 valence electrons. The Morgan fingerprint density at radius 3 is 1.88 bits per heavy atom. The van der Waals surface area contributed by atoms with Crippen LogP contribution >= 0.6 is 0 Å². The third-order valence-corrected chi connectivity index (χ3v) is 2.42. The molecule has 0 aromatic heterocycles. The van der Waals surface area contributed by atoms with Gasteiger partial charge >= 0.3 is 0 Å². The predicted octanol–water partition coefficient (Wildman–Crippen LogP) is 4.48. The van der Waals surface area contributed by atoms with Gasteiger partial charge in [-0.25, -0.2) is 0 Å². The third kappa shape index (κ3) is 9.21. The third-order valence-electron chi connectivity index (χ3n) is 2.42. The average Bonchev–Trinajstić information content (AvgIpc) is 2.25. The van der Waals surface area contributed by atoms with Crippen LogP contribution in [0, 0.1) is 24.7 Å². The Labute approximate surface area is 101 Å². The van der Waals surface area contributed by atoms with Crippen LogP contribution in [0.5, 0.6) is 0 Å². The van der Waals surface area contributed by atoms with E-state index in [1.807, 2.05) is 0 Å². The minimum atomic E-state index is 0.861. The monoisotopic (exact) mass is 214 g/mol. The quantitative estimate of drug-likeness (QED) is 0.333. The zero-order chi connectivity index (χ0) is 12.2. The number of rotatable bonds is 7. The summed E-state index contributed by atoms with van der Waals surface area (Å²) in [4.78, 5) is 0. The molecule has 0 aliphatic heterocycles. The van der Waals surface area contributed by atoms with E-state index < -0.39 is 0 Å². The summed E-state index contributed by atoms with van der Waals surface area (Å²) < 4.78 is 0. The van der Waals surface area contributed by atoms with Crippen LogP contribution in [0.1, 0.15) is 58.8 Å². The minimum Gasteiger partial charge on any atom is -0.123 e. The van der Waals surface area contributed by atoms with E-state index in [4.69, 9.17) is 12.8 Å². The van der Waals surface area contributed by atoms with E-state index in [-0.39, 0.29) is 0 Å². The molecule has 0 nitrogen and oxygen atoms in total. The smallest absolute Gasteiger partial charge is 0.00893 e. The maximum Gasteiger partial charge on any atom is 0.00893 e. The van der Waals surface area contributed by atoms with Crippen LogP contribution in [-0.4, -0.2) is 0 Å². The molecule has 0 bridgehead atoms. The first kappa shape index (κ1) is 14.6. The van der Waals surface area contributed by atoms with Crippen LogP contribution in [0.15, 0.2) is 16.9 Å². The Kier molecular flexibility index (Phi) is 9.30. The van der Waals surface area contributed by atoms with E-state index in [1.54, 1.807) is 0 Å². The van der Waals surface area contributed by atoms with Crippen molar-refractivity contribution in [1.82, 2.24) is 0 Å². The van der Waals surface area contributed by atoms with Gasteiger partial charge in [0.1, 0.15) is 0 Å². The highest BCUT2D eigenvalue weighted by Gasteiger charge is 1.92. The molecule has 0 aromatic rings. The molecule has 0 atom stereocenters. The van der Waals surface area contributed by atoms with E-state index in [9.17, 15) is 0 Å². The second-order valence-electron chi connectivity index (χ2n) is 4.15. The van der Waals surface area contributed by atoms with Crippen molar-refractivity contribution in [2.75, 3.05) is 0 Å². The lowest BCUT2D eigenvalue weighted by molar-refractivity contribution is 0.750. The molecule has 0 rings (SSSR count). The number of hydrogen-bond donors (Lipinski definition) is 0. The Morgan fingerprint density at radius 2 is 1.31 bits per heavy atom. The van der Waals surface area contributed by atoms with Crippen LogP contribution in [0.2, 0.25) is 0 Å². The van der Waals surface area contributed by atoms with Gasteiger partial charge in [0.2, 0.25) is 0 Å². The van der Waals surface area contributed by atoms with Crippen molar-refractivity contribution in [2.24, 2.45) is 0 Å². The molecule has 0 saturated heterocycles. The first-order valence-electron chi connectivity index (χ1n) is 5.99. The van der Waals surface area contributed by atoms with Gasteiger partial charge in [-0.05, 0) is 57.1 Å². The maximum absolute atomic E-state index is 5.21. The van der Waals surface area contributed by atoms with Crippen molar-refractivity contribution in [1.29, 1.82) is 0 Å². The summed E-state index contributed by atoms with van der Waals surface area (Å²) >= 11 is 0. The topological polar surface area (TPSA) is 0 Å². The Hall–Kier alpha value is -1.36. The average molecular weight is 214 g/mol. The Balaban J connectivity index is 3.93. The molecular weight excluding hydrogens is 192 g/mol. The van der Waals surface area contributed by atoms with Gasteiger partial charge in [-0.15, -0.1) is 30.4 Å². The van der Waals surface area contributed by atoms with Gasteiger partial charge in [0.05, 0.1) is 0 Å². The number of terminal acetylenes is 2. The number of allylic oxidation sites excluding steroid dienone is 1. The highest BCUT2D eigenvalue weighted by Crippen LogP contribution is 2.10. The zero-order valence-electron chi connectivity index (χ0n) is 10.6. The van der Waals surface area contributed by atoms with Gasteiger partial charge in [0, 0.05) is 12.8 Å². The fourth-order valence-corrected chi connectivity index (χ4v) is 1.56. The first-order chi connectivity index (χ1) is 7.70. The molecule has 0 spiro atoms. The van der Waals surface area contributed by atoms with E-state index in [1.165, 1.54) is 17.6 Å². The summed E-state index contributed by atoms with van der Waals surface area (Å²) in [5.74, 6) is 5.32.